The molecule has 3 rings (SSSR count). The van der Waals surface area contributed by atoms with Crippen molar-refractivity contribution in [2.24, 2.45) is 0 Å². The number of carbonyl (C=O) groups is 3. The van der Waals surface area contributed by atoms with Crippen LogP contribution in [0.5, 0.6) is 5.75 Å². The summed E-state index contributed by atoms with van der Waals surface area (Å²) in [7, 11) is 0. The quantitative estimate of drug-likeness (QED) is 0.226. The minimum Gasteiger partial charge on any atom is -0.493 e. The number of non-ortho nitro benzene ring substituents is 1. The molecule has 2 aromatic carbocycles. The number of nitro groups is 1. The van der Waals surface area contributed by atoms with E-state index in [1.807, 2.05) is 6.92 Å². The highest BCUT2D eigenvalue weighted by Crippen LogP contribution is 2.28. The Morgan fingerprint density at radius 3 is 2.52 bits per heavy atom. The molecule has 0 atom stereocenters. The Morgan fingerprint density at radius 1 is 1.16 bits per heavy atom. The van der Waals surface area contributed by atoms with E-state index in [1.54, 1.807) is 18.2 Å². The lowest BCUT2D eigenvalue weighted by molar-refractivity contribution is -0.384. The second-order valence-corrected chi connectivity index (χ2v) is 7.05. The first-order chi connectivity index (χ1) is 14.8. The molecular formula is C21H18ClN3O6. The first-order valence-electron chi connectivity index (χ1n) is 9.40. The van der Waals surface area contributed by atoms with Crippen molar-refractivity contribution in [3.63, 3.8) is 0 Å². The van der Waals surface area contributed by atoms with Crippen LogP contribution in [0, 0.1) is 10.1 Å². The zero-order valence-electron chi connectivity index (χ0n) is 16.5. The summed E-state index contributed by atoms with van der Waals surface area (Å²) in [6, 6.07) is 8.67. The van der Waals surface area contributed by atoms with Gasteiger partial charge in [-0.2, -0.15) is 0 Å². The van der Waals surface area contributed by atoms with Crippen molar-refractivity contribution in [2.75, 3.05) is 11.5 Å². The number of imide groups is 2. The SMILES string of the molecule is CCCCOc1ccc(Cl)cc1C=C1C(=O)NC(=O)N(c2ccc([N+](=O)[O-])cc2)C1=O. The van der Waals surface area contributed by atoms with Crippen molar-refractivity contribution >= 4 is 46.9 Å². The number of hydrogen-bond donors (Lipinski definition) is 1. The minimum atomic E-state index is -0.952. The summed E-state index contributed by atoms with van der Waals surface area (Å²) in [5, 5.41) is 13.3. The molecule has 4 amide bonds. The maximum Gasteiger partial charge on any atom is 0.335 e. The van der Waals surface area contributed by atoms with Gasteiger partial charge in [-0.25, -0.2) is 9.69 Å². The summed E-state index contributed by atoms with van der Waals surface area (Å²) < 4.78 is 5.72. The summed E-state index contributed by atoms with van der Waals surface area (Å²) in [6.07, 6.45) is 3.05. The predicted molar refractivity (Wildman–Crippen MR) is 114 cm³/mol. The molecule has 1 saturated heterocycles. The molecule has 1 aliphatic rings. The van der Waals surface area contributed by atoms with Crippen molar-refractivity contribution < 1.29 is 24.0 Å². The van der Waals surface area contributed by atoms with Crippen LogP contribution in [-0.4, -0.2) is 29.4 Å². The fourth-order valence-electron chi connectivity index (χ4n) is 2.86. The van der Waals surface area contributed by atoms with Gasteiger partial charge in [-0.15, -0.1) is 0 Å². The molecule has 9 nitrogen and oxygen atoms in total. The van der Waals surface area contributed by atoms with Gasteiger partial charge in [0.25, 0.3) is 17.5 Å². The highest BCUT2D eigenvalue weighted by Gasteiger charge is 2.37. The lowest BCUT2D eigenvalue weighted by Crippen LogP contribution is -2.54. The molecule has 1 heterocycles. The number of nitrogens with one attached hydrogen (secondary N) is 1. The molecule has 0 bridgehead atoms. The maximum absolute atomic E-state index is 13.0. The van der Waals surface area contributed by atoms with Crippen LogP contribution >= 0.6 is 11.6 Å². The third-order valence-corrected chi connectivity index (χ3v) is 4.68. The van der Waals surface area contributed by atoms with Crippen LogP contribution in [0.2, 0.25) is 5.02 Å². The first-order valence-corrected chi connectivity index (χ1v) is 9.78. The molecule has 0 unspecified atom stereocenters. The minimum absolute atomic E-state index is 0.0806. The number of anilines is 1. The predicted octanol–water partition coefficient (Wildman–Crippen LogP) is 4.09. The Hall–Kier alpha value is -3.72. The van der Waals surface area contributed by atoms with Gasteiger partial charge in [0.15, 0.2) is 0 Å². The Balaban J connectivity index is 1.97. The van der Waals surface area contributed by atoms with E-state index in [0.29, 0.717) is 22.9 Å². The number of halogens is 1. The zero-order chi connectivity index (χ0) is 22.5. The summed E-state index contributed by atoms with van der Waals surface area (Å²) in [4.78, 5) is 48.6. The molecule has 2 aromatic rings. The average molecular weight is 444 g/mol. The first kappa shape index (κ1) is 22.0. The van der Waals surface area contributed by atoms with Crippen LogP contribution in [0.25, 0.3) is 6.08 Å². The Labute approximate surface area is 182 Å². The second-order valence-electron chi connectivity index (χ2n) is 6.62. The van der Waals surface area contributed by atoms with Gasteiger partial charge in [0.1, 0.15) is 11.3 Å². The standard InChI is InChI=1S/C21H18ClN3O6/c1-2-3-10-31-18-9-4-14(22)11-13(18)12-17-19(26)23-21(28)24(20(17)27)15-5-7-16(8-6-15)25(29)30/h4-9,11-12H,2-3,10H2,1H3,(H,23,26,28). The van der Waals surface area contributed by atoms with Crippen molar-refractivity contribution in [1.29, 1.82) is 0 Å². The maximum atomic E-state index is 13.0. The molecule has 0 radical (unpaired) electrons. The van der Waals surface area contributed by atoms with Gasteiger partial charge in [0, 0.05) is 22.7 Å². The van der Waals surface area contributed by atoms with E-state index in [0.717, 1.165) is 29.9 Å². The summed E-state index contributed by atoms with van der Waals surface area (Å²) >= 11 is 6.07. The fraction of sp³-hybridized carbons (Fsp3) is 0.190. The molecule has 31 heavy (non-hydrogen) atoms. The smallest absolute Gasteiger partial charge is 0.335 e. The van der Waals surface area contributed by atoms with Crippen LogP contribution in [0.15, 0.2) is 48.0 Å². The van der Waals surface area contributed by atoms with Gasteiger partial charge in [-0.05, 0) is 42.8 Å². The van der Waals surface area contributed by atoms with E-state index >= 15 is 0 Å². The summed E-state index contributed by atoms with van der Waals surface area (Å²) in [5.74, 6) is -1.31. The molecule has 10 heteroatoms. The lowest BCUT2D eigenvalue weighted by Gasteiger charge is -2.26. The number of ether oxygens (including phenoxy) is 1. The van der Waals surface area contributed by atoms with Crippen molar-refractivity contribution in [3.8, 4) is 5.75 Å². The summed E-state index contributed by atoms with van der Waals surface area (Å²) in [6.45, 7) is 2.46. The van der Waals surface area contributed by atoms with Crippen LogP contribution in [0.1, 0.15) is 25.3 Å². The van der Waals surface area contributed by atoms with Gasteiger partial charge in [0.05, 0.1) is 17.2 Å². The van der Waals surface area contributed by atoms with Crippen molar-refractivity contribution in [2.45, 2.75) is 19.8 Å². The normalized spacial score (nSPS) is 15.2. The number of benzene rings is 2. The van der Waals surface area contributed by atoms with Crippen molar-refractivity contribution in [3.05, 3.63) is 68.7 Å². The van der Waals surface area contributed by atoms with Gasteiger partial charge in [-0.1, -0.05) is 24.9 Å². The van der Waals surface area contributed by atoms with Crippen LogP contribution in [0.3, 0.4) is 0 Å². The number of hydrogen-bond acceptors (Lipinski definition) is 6. The van der Waals surface area contributed by atoms with E-state index in [9.17, 15) is 24.5 Å². The topological polar surface area (TPSA) is 119 Å². The number of rotatable bonds is 7. The summed E-state index contributed by atoms with van der Waals surface area (Å²) in [5.41, 5.74) is -0.0223. The Morgan fingerprint density at radius 2 is 1.87 bits per heavy atom. The number of urea groups is 1. The zero-order valence-corrected chi connectivity index (χ0v) is 17.2. The third-order valence-electron chi connectivity index (χ3n) is 4.45. The Kier molecular flexibility index (Phi) is 6.66. The molecule has 0 saturated carbocycles. The van der Waals surface area contributed by atoms with Crippen LogP contribution < -0.4 is 15.0 Å². The molecule has 1 aliphatic heterocycles. The lowest BCUT2D eigenvalue weighted by atomic mass is 10.1. The van der Waals surface area contributed by atoms with Gasteiger partial charge >= 0.3 is 6.03 Å². The molecule has 160 valence electrons. The van der Waals surface area contributed by atoms with Gasteiger partial charge in [0.2, 0.25) is 0 Å². The number of amides is 4. The second kappa shape index (κ2) is 9.40. The average Bonchev–Trinajstić information content (AvgIpc) is 2.73. The molecule has 1 N–H and O–H groups in total. The van der Waals surface area contributed by atoms with E-state index < -0.39 is 22.8 Å². The molecule has 0 aromatic heterocycles. The van der Waals surface area contributed by atoms with E-state index in [1.165, 1.54) is 18.2 Å². The highest BCUT2D eigenvalue weighted by molar-refractivity contribution is 6.39. The molecule has 1 fully saturated rings. The third kappa shape index (κ3) is 4.89. The largest absolute Gasteiger partial charge is 0.493 e. The van der Waals surface area contributed by atoms with E-state index in [-0.39, 0.29) is 16.9 Å². The van der Waals surface area contributed by atoms with Crippen LogP contribution in [0.4, 0.5) is 16.2 Å². The number of nitrogens with zero attached hydrogens (tertiary/aromatic N) is 2. The molecular weight excluding hydrogens is 426 g/mol. The van der Waals surface area contributed by atoms with Crippen LogP contribution in [-0.2, 0) is 9.59 Å². The van der Waals surface area contributed by atoms with Gasteiger partial charge < -0.3 is 4.74 Å². The number of nitro benzene ring substituents is 1. The highest BCUT2D eigenvalue weighted by atomic mass is 35.5. The molecule has 0 aliphatic carbocycles. The number of unbranched alkanes of at least 4 members (excludes halogenated alkanes) is 1. The van der Waals surface area contributed by atoms with E-state index in [2.05, 4.69) is 5.32 Å². The van der Waals surface area contributed by atoms with Gasteiger partial charge in [-0.3, -0.25) is 25.0 Å². The van der Waals surface area contributed by atoms with Crippen molar-refractivity contribution in [1.82, 2.24) is 5.32 Å². The molecule has 0 spiro atoms. The monoisotopic (exact) mass is 443 g/mol. The number of carbonyl (C=O) groups excluding carboxylic acids is 3. The fourth-order valence-corrected chi connectivity index (χ4v) is 3.04. The number of barbiturate groups is 1. The van der Waals surface area contributed by atoms with E-state index in [4.69, 9.17) is 16.3 Å². The Bertz CT molecular complexity index is 1080.